The second-order valence-electron chi connectivity index (χ2n) is 6.12. The smallest absolute Gasteiger partial charge is 0.369 e. The largest absolute Gasteiger partial charge is 0.416 e. The summed E-state index contributed by atoms with van der Waals surface area (Å²) in [6.07, 6.45) is -2.41. The van der Waals surface area contributed by atoms with Gasteiger partial charge >= 0.3 is 6.18 Å². The van der Waals surface area contributed by atoms with Crippen molar-refractivity contribution in [3.05, 3.63) is 29.3 Å². The minimum absolute atomic E-state index is 0.0584. The molecule has 0 saturated carbocycles. The summed E-state index contributed by atoms with van der Waals surface area (Å²) in [6, 6.07) is 4.02. The fraction of sp³-hybridized carbons (Fsp3) is 0.625. The first-order valence-corrected chi connectivity index (χ1v) is 7.43. The van der Waals surface area contributed by atoms with Gasteiger partial charge in [-0.15, -0.1) is 0 Å². The lowest BCUT2D eigenvalue weighted by molar-refractivity contribution is -0.137. The maximum Gasteiger partial charge on any atom is 0.416 e. The molecule has 5 heteroatoms. The Kier molecular flexibility index (Phi) is 4.51. The van der Waals surface area contributed by atoms with Gasteiger partial charge in [-0.3, -0.25) is 0 Å². The molecule has 1 aromatic carbocycles. The average Bonchev–Trinajstić information content (AvgIpc) is 2.61. The Hall–Kier alpha value is -1.23. The highest BCUT2D eigenvalue weighted by Gasteiger charge is 2.33. The van der Waals surface area contributed by atoms with Gasteiger partial charge in [0, 0.05) is 24.3 Å². The molecule has 1 aromatic rings. The normalized spacial score (nSPS) is 24.0. The van der Waals surface area contributed by atoms with Crippen molar-refractivity contribution in [3.8, 4) is 0 Å². The molecule has 1 unspecified atom stereocenters. The van der Waals surface area contributed by atoms with Crippen LogP contribution >= 0.6 is 0 Å². The van der Waals surface area contributed by atoms with Crippen LogP contribution in [0.25, 0.3) is 0 Å². The molecule has 1 atom stereocenters. The summed E-state index contributed by atoms with van der Waals surface area (Å²) in [5, 5.41) is 3.51. The maximum atomic E-state index is 12.9. The van der Waals surface area contributed by atoms with Crippen LogP contribution in [-0.2, 0) is 6.18 Å². The van der Waals surface area contributed by atoms with E-state index in [4.69, 9.17) is 0 Å². The number of anilines is 1. The molecule has 2 nitrogen and oxygen atoms in total. The van der Waals surface area contributed by atoms with Crippen LogP contribution in [0, 0.1) is 6.92 Å². The van der Waals surface area contributed by atoms with E-state index in [1.54, 1.807) is 6.07 Å². The van der Waals surface area contributed by atoms with E-state index in [1.165, 1.54) is 6.07 Å². The fourth-order valence-corrected chi connectivity index (χ4v) is 2.79. The summed E-state index contributed by atoms with van der Waals surface area (Å²) in [5.41, 5.74) is 0.965. The van der Waals surface area contributed by atoms with Gasteiger partial charge < -0.3 is 10.2 Å². The summed E-state index contributed by atoms with van der Waals surface area (Å²) in [5.74, 6) is 0. The van der Waals surface area contributed by atoms with Crippen LogP contribution in [0.2, 0.25) is 0 Å². The molecule has 1 fully saturated rings. The van der Waals surface area contributed by atoms with Crippen LogP contribution < -0.4 is 10.2 Å². The summed E-state index contributed by atoms with van der Waals surface area (Å²) in [6.45, 7) is 8.52. The Morgan fingerprint density at radius 1 is 1.33 bits per heavy atom. The highest BCUT2D eigenvalue weighted by Crippen LogP contribution is 2.34. The van der Waals surface area contributed by atoms with Crippen LogP contribution in [0.1, 0.15) is 37.8 Å². The van der Waals surface area contributed by atoms with Crippen LogP contribution in [0.3, 0.4) is 0 Å². The van der Waals surface area contributed by atoms with E-state index in [0.717, 1.165) is 44.1 Å². The van der Waals surface area contributed by atoms with E-state index in [2.05, 4.69) is 24.1 Å². The molecule has 0 spiro atoms. The molecule has 2 rings (SSSR count). The van der Waals surface area contributed by atoms with Gasteiger partial charge in [0.2, 0.25) is 0 Å². The van der Waals surface area contributed by atoms with Crippen molar-refractivity contribution in [2.24, 2.45) is 0 Å². The number of nitrogens with one attached hydrogen (secondary N) is 1. The molecule has 0 aliphatic carbocycles. The number of rotatable bonds is 2. The van der Waals surface area contributed by atoms with Crippen molar-refractivity contribution in [2.45, 2.75) is 45.3 Å². The highest BCUT2D eigenvalue weighted by molar-refractivity contribution is 5.56. The summed E-state index contributed by atoms with van der Waals surface area (Å²) in [7, 11) is 0. The monoisotopic (exact) mass is 300 g/mol. The Balaban J connectivity index is 2.35. The van der Waals surface area contributed by atoms with E-state index in [1.807, 2.05) is 6.92 Å². The molecule has 21 heavy (non-hydrogen) atoms. The van der Waals surface area contributed by atoms with Crippen molar-refractivity contribution in [2.75, 3.05) is 24.5 Å². The standard InChI is InChI=1S/C16H23F3N2/c1-4-15(3)11-21(9-5-8-20-15)14-10-13(16(17,18)19)7-6-12(14)2/h6-7,10,20H,4-5,8-9,11H2,1-3H3. The van der Waals surface area contributed by atoms with Gasteiger partial charge in [-0.2, -0.15) is 13.2 Å². The van der Waals surface area contributed by atoms with Gasteiger partial charge in [-0.1, -0.05) is 13.0 Å². The quantitative estimate of drug-likeness (QED) is 0.888. The van der Waals surface area contributed by atoms with Crippen molar-refractivity contribution < 1.29 is 13.2 Å². The first-order chi connectivity index (χ1) is 9.75. The lowest BCUT2D eigenvalue weighted by Crippen LogP contribution is -2.48. The predicted molar refractivity (Wildman–Crippen MR) is 79.7 cm³/mol. The number of hydrogen-bond donors (Lipinski definition) is 1. The molecular weight excluding hydrogens is 277 g/mol. The first-order valence-electron chi connectivity index (χ1n) is 7.43. The topological polar surface area (TPSA) is 15.3 Å². The zero-order valence-electron chi connectivity index (χ0n) is 12.8. The molecule has 0 radical (unpaired) electrons. The predicted octanol–water partition coefficient (Wildman–Crippen LogP) is 3.98. The third-order valence-electron chi connectivity index (χ3n) is 4.35. The summed E-state index contributed by atoms with van der Waals surface area (Å²) in [4.78, 5) is 2.09. The molecule has 1 heterocycles. The van der Waals surface area contributed by atoms with Crippen molar-refractivity contribution in [3.63, 3.8) is 0 Å². The summed E-state index contributed by atoms with van der Waals surface area (Å²) < 4.78 is 38.8. The Morgan fingerprint density at radius 2 is 2.05 bits per heavy atom. The van der Waals surface area contributed by atoms with E-state index >= 15 is 0 Å². The lowest BCUT2D eigenvalue weighted by atomic mass is 9.97. The van der Waals surface area contributed by atoms with Gasteiger partial charge in [0.1, 0.15) is 0 Å². The number of nitrogens with zero attached hydrogens (tertiary/aromatic N) is 1. The zero-order chi connectivity index (χ0) is 15.7. The van der Waals surface area contributed by atoms with E-state index < -0.39 is 11.7 Å². The lowest BCUT2D eigenvalue weighted by Gasteiger charge is -2.34. The Bertz CT molecular complexity index is 499. The molecule has 0 aromatic heterocycles. The molecule has 118 valence electrons. The van der Waals surface area contributed by atoms with Crippen LogP contribution in [0.5, 0.6) is 0 Å². The Morgan fingerprint density at radius 3 is 2.67 bits per heavy atom. The first kappa shape index (κ1) is 16.1. The van der Waals surface area contributed by atoms with Gasteiger partial charge in [0.25, 0.3) is 0 Å². The Labute approximate surface area is 124 Å². The number of benzene rings is 1. The molecule has 0 bridgehead atoms. The average molecular weight is 300 g/mol. The number of aryl methyl sites for hydroxylation is 1. The van der Waals surface area contributed by atoms with E-state index in [-0.39, 0.29) is 5.54 Å². The molecule has 1 saturated heterocycles. The number of hydrogen-bond acceptors (Lipinski definition) is 2. The molecule has 1 N–H and O–H groups in total. The number of alkyl halides is 3. The van der Waals surface area contributed by atoms with Crippen molar-refractivity contribution in [1.82, 2.24) is 5.32 Å². The molecular formula is C16H23F3N2. The van der Waals surface area contributed by atoms with Gasteiger partial charge in [0.05, 0.1) is 5.56 Å². The van der Waals surface area contributed by atoms with Crippen LogP contribution in [0.4, 0.5) is 18.9 Å². The molecule has 0 amide bonds. The van der Waals surface area contributed by atoms with Crippen molar-refractivity contribution in [1.29, 1.82) is 0 Å². The molecule has 1 aliphatic rings. The number of halogens is 3. The SMILES string of the molecule is CCC1(C)CN(c2cc(C(F)(F)F)ccc2C)CCCN1. The van der Waals surface area contributed by atoms with Gasteiger partial charge in [-0.05, 0) is 50.9 Å². The van der Waals surface area contributed by atoms with E-state index in [9.17, 15) is 13.2 Å². The fourth-order valence-electron chi connectivity index (χ4n) is 2.79. The molecule has 1 aliphatic heterocycles. The van der Waals surface area contributed by atoms with Gasteiger partial charge in [0.15, 0.2) is 0 Å². The zero-order valence-corrected chi connectivity index (χ0v) is 12.8. The van der Waals surface area contributed by atoms with Crippen molar-refractivity contribution >= 4 is 5.69 Å². The van der Waals surface area contributed by atoms with E-state index in [0.29, 0.717) is 5.69 Å². The summed E-state index contributed by atoms with van der Waals surface area (Å²) >= 11 is 0. The second kappa shape index (κ2) is 5.87. The minimum atomic E-state index is -4.29. The highest BCUT2D eigenvalue weighted by atomic mass is 19.4. The van der Waals surface area contributed by atoms with Crippen LogP contribution in [-0.4, -0.2) is 25.2 Å². The van der Waals surface area contributed by atoms with Crippen LogP contribution in [0.15, 0.2) is 18.2 Å². The third kappa shape index (κ3) is 3.70. The maximum absolute atomic E-state index is 12.9. The third-order valence-corrected chi connectivity index (χ3v) is 4.35. The second-order valence-corrected chi connectivity index (χ2v) is 6.12. The van der Waals surface area contributed by atoms with Gasteiger partial charge in [-0.25, -0.2) is 0 Å². The minimum Gasteiger partial charge on any atom is -0.369 e.